The van der Waals surface area contributed by atoms with Crippen molar-refractivity contribution < 1.29 is 4.58 Å². The molecule has 4 heteroatoms. The molecule has 2 fully saturated rings. The fourth-order valence-electron chi connectivity index (χ4n) is 6.60. The van der Waals surface area contributed by atoms with E-state index in [1.807, 2.05) is 0 Å². The van der Waals surface area contributed by atoms with E-state index in [0.29, 0.717) is 0 Å². The zero-order valence-corrected chi connectivity index (χ0v) is 21.7. The zero-order chi connectivity index (χ0) is 24.6. The van der Waals surface area contributed by atoms with Gasteiger partial charge in [-0.15, -0.1) is 0 Å². The number of nitrogens with zero attached hydrogens (tertiary/aromatic N) is 4. The maximum atomic E-state index is 3.88. The number of hydrogen-bond acceptors (Lipinski definition) is 3. The van der Waals surface area contributed by atoms with Gasteiger partial charge < -0.3 is 19.3 Å². The third-order valence-corrected chi connectivity index (χ3v) is 8.48. The Morgan fingerprint density at radius 1 is 0.541 bits per heavy atom. The monoisotopic (exact) mass is 488 g/mol. The molecule has 3 aliphatic heterocycles. The summed E-state index contributed by atoms with van der Waals surface area (Å²) in [5.74, 6) is 0. The maximum absolute atomic E-state index is 3.88. The Labute approximate surface area is 220 Å². The zero-order valence-electron chi connectivity index (χ0n) is 21.7. The molecule has 0 bridgehead atoms. The van der Waals surface area contributed by atoms with Gasteiger partial charge in [0.05, 0.1) is 11.4 Å². The maximum Gasteiger partial charge on any atom is 0.206 e. The van der Waals surface area contributed by atoms with E-state index in [9.17, 15) is 0 Å². The van der Waals surface area contributed by atoms with E-state index >= 15 is 0 Å². The number of anilines is 3. The van der Waals surface area contributed by atoms with Gasteiger partial charge in [-0.25, -0.2) is 0 Å². The van der Waals surface area contributed by atoms with E-state index in [1.54, 1.807) is 0 Å². The van der Waals surface area contributed by atoms with Crippen molar-refractivity contribution in [3.8, 4) is 0 Å². The van der Waals surface area contributed by atoms with Crippen molar-refractivity contribution in [3.05, 3.63) is 72.8 Å². The number of fused-ring (bicyclic) bond motifs is 2. The number of rotatable bonds is 4. The van der Waals surface area contributed by atoms with Gasteiger partial charge in [-0.2, -0.15) is 0 Å². The highest BCUT2D eigenvalue weighted by molar-refractivity contribution is 6.06. The molecule has 0 radical (unpaired) electrons. The lowest BCUT2D eigenvalue weighted by Gasteiger charge is -2.34. The third-order valence-electron chi connectivity index (χ3n) is 8.48. The summed E-state index contributed by atoms with van der Waals surface area (Å²) in [5, 5.41) is 5.26. The Balaban J connectivity index is 1.37. The van der Waals surface area contributed by atoms with E-state index in [4.69, 9.17) is 0 Å². The van der Waals surface area contributed by atoms with Crippen LogP contribution in [0, 0.1) is 0 Å². The van der Waals surface area contributed by atoms with Gasteiger partial charge in [0, 0.05) is 37.6 Å². The molecule has 7 rings (SSSR count). The highest BCUT2D eigenvalue weighted by Gasteiger charge is 2.26. The summed E-state index contributed by atoms with van der Waals surface area (Å²) in [5.41, 5.74) is 5.37. The van der Waals surface area contributed by atoms with Gasteiger partial charge in [-0.05, 0) is 72.2 Å². The molecule has 3 heterocycles. The minimum absolute atomic E-state index is 0.942. The van der Waals surface area contributed by atoms with Gasteiger partial charge in [-0.1, -0.05) is 60.7 Å². The van der Waals surface area contributed by atoms with Crippen LogP contribution in [-0.4, -0.2) is 50.2 Å². The normalized spacial score (nSPS) is 18.6. The van der Waals surface area contributed by atoms with E-state index in [1.165, 1.54) is 82.8 Å². The average molecular weight is 489 g/mol. The molecule has 0 saturated carbocycles. The van der Waals surface area contributed by atoms with E-state index < -0.39 is 0 Å². The summed E-state index contributed by atoms with van der Waals surface area (Å²) in [7, 11) is 0. The summed E-state index contributed by atoms with van der Waals surface area (Å²) in [6.45, 7) is 6.46. The number of hydrogen-bond donors (Lipinski definition) is 0. The van der Waals surface area contributed by atoms with Crippen LogP contribution in [-0.2, 0) is 0 Å². The minimum atomic E-state index is 0.942. The first-order valence-corrected chi connectivity index (χ1v) is 14.2. The second kappa shape index (κ2) is 9.74. The van der Waals surface area contributed by atoms with Crippen molar-refractivity contribution in [2.75, 3.05) is 54.0 Å². The molecule has 0 spiro atoms. The van der Waals surface area contributed by atoms with Crippen molar-refractivity contribution in [1.29, 1.82) is 0 Å². The third kappa shape index (κ3) is 4.13. The Bertz CT molecular complexity index is 1460. The fourth-order valence-corrected chi connectivity index (χ4v) is 6.60. The van der Waals surface area contributed by atoms with E-state index in [2.05, 4.69) is 98.4 Å². The number of benzene rings is 4. The molecule has 37 heavy (non-hydrogen) atoms. The highest BCUT2D eigenvalue weighted by atomic mass is 15.3. The lowest BCUT2D eigenvalue weighted by Crippen LogP contribution is -2.31. The Morgan fingerprint density at radius 2 is 1.11 bits per heavy atom. The molecule has 4 aromatic carbocycles. The smallest absolute Gasteiger partial charge is 0.206 e. The van der Waals surface area contributed by atoms with Crippen molar-refractivity contribution in [2.45, 2.75) is 38.5 Å². The molecule has 0 amide bonds. The van der Waals surface area contributed by atoms with Crippen molar-refractivity contribution >= 4 is 50.6 Å². The SMILES string of the molecule is [C-]1=[N+](c2c(N3CCCCC3)ccc3ccccc23)CCN1c1c(N2CCCCC2)ccc2ccccc12. The first-order chi connectivity index (χ1) is 18.4. The molecule has 0 N–H and O–H groups in total. The Hall–Kier alpha value is -3.53. The van der Waals surface area contributed by atoms with Gasteiger partial charge in [-0.3, -0.25) is 0 Å². The lowest BCUT2D eigenvalue weighted by molar-refractivity contribution is -0.421. The first kappa shape index (κ1) is 22.7. The molecule has 0 aliphatic carbocycles. The van der Waals surface area contributed by atoms with Crippen LogP contribution in [0.1, 0.15) is 38.5 Å². The van der Waals surface area contributed by atoms with Gasteiger partial charge in [0.1, 0.15) is 13.1 Å². The molecule has 0 unspecified atom stereocenters. The second-order valence-electron chi connectivity index (χ2n) is 10.8. The molecule has 4 aromatic rings. The molecular weight excluding hydrogens is 452 g/mol. The van der Waals surface area contributed by atoms with E-state index in [0.717, 1.165) is 39.3 Å². The quantitative estimate of drug-likeness (QED) is 0.226. The van der Waals surface area contributed by atoms with Gasteiger partial charge in [0.15, 0.2) is 0 Å². The topological polar surface area (TPSA) is 12.7 Å². The van der Waals surface area contributed by atoms with E-state index in [-0.39, 0.29) is 0 Å². The highest BCUT2D eigenvalue weighted by Crippen LogP contribution is 2.41. The molecule has 3 aliphatic rings. The van der Waals surface area contributed by atoms with Crippen molar-refractivity contribution in [2.24, 2.45) is 0 Å². The van der Waals surface area contributed by atoms with Crippen LogP contribution in [0.15, 0.2) is 72.8 Å². The minimum Gasteiger partial charge on any atom is -0.378 e. The largest absolute Gasteiger partial charge is 0.378 e. The lowest BCUT2D eigenvalue weighted by atomic mass is 10.0. The van der Waals surface area contributed by atoms with Crippen LogP contribution in [0.5, 0.6) is 0 Å². The average Bonchev–Trinajstić information content (AvgIpc) is 3.46. The van der Waals surface area contributed by atoms with Gasteiger partial charge >= 0.3 is 0 Å². The first-order valence-electron chi connectivity index (χ1n) is 14.2. The van der Waals surface area contributed by atoms with Crippen molar-refractivity contribution in [3.63, 3.8) is 0 Å². The van der Waals surface area contributed by atoms with Crippen LogP contribution < -0.4 is 14.7 Å². The molecule has 0 atom stereocenters. The molecular formula is C33H36N4. The standard InChI is InChI=1S/C33H36N4/c1-7-19-34(20-8-1)30-17-15-26-11-3-5-13-28(26)32(30)36-23-24-37(25-36)33-29-14-6-4-12-27(29)16-18-31(33)35-21-9-2-10-22-35/h3-6,11-18H,1-2,7-10,19-24H2. The second-order valence-corrected chi connectivity index (χ2v) is 10.8. The van der Waals surface area contributed by atoms with Crippen LogP contribution in [0.3, 0.4) is 0 Å². The van der Waals surface area contributed by atoms with Gasteiger partial charge in [0.2, 0.25) is 6.34 Å². The summed E-state index contributed by atoms with van der Waals surface area (Å²) < 4.78 is 2.41. The Kier molecular flexibility index (Phi) is 5.96. The van der Waals surface area contributed by atoms with Gasteiger partial charge in [0.25, 0.3) is 0 Å². The van der Waals surface area contributed by atoms with Crippen molar-refractivity contribution in [1.82, 2.24) is 0 Å². The van der Waals surface area contributed by atoms with Crippen LogP contribution in [0.4, 0.5) is 22.7 Å². The van der Waals surface area contributed by atoms with Crippen LogP contribution in [0.2, 0.25) is 0 Å². The summed E-state index contributed by atoms with van der Waals surface area (Å²) in [4.78, 5) is 7.62. The molecule has 4 nitrogen and oxygen atoms in total. The van der Waals surface area contributed by atoms with Crippen LogP contribution >= 0.6 is 0 Å². The Morgan fingerprint density at radius 3 is 1.81 bits per heavy atom. The molecule has 188 valence electrons. The van der Waals surface area contributed by atoms with Crippen LogP contribution in [0.25, 0.3) is 21.5 Å². The molecule has 0 aromatic heterocycles. The summed E-state index contributed by atoms with van der Waals surface area (Å²) >= 11 is 0. The fraction of sp³-hybridized carbons (Fsp3) is 0.364. The molecule has 2 saturated heterocycles. The summed E-state index contributed by atoms with van der Waals surface area (Å²) in [6.07, 6.45) is 11.7. The summed E-state index contributed by atoms with van der Waals surface area (Å²) in [6, 6.07) is 27.0. The number of piperidine rings is 2. The predicted octanol–water partition coefficient (Wildman–Crippen LogP) is 7.04. The predicted molar refractivity (Wildman–Crippen MR) is 157 cm³/mol.